The van der Waals surface area contributed by atoms with Gasteiger partial charge in [0.2, 0.25) is 0 Å². The van der Waals surface area contributed by atoms with Gasteiger partial charge < -0.3 is 14.8 Å². The number of nitrogens with one attached hydrogen (secondary N) is 1. The van der Waals surface area contributed by atoms with E-state index >= 15 is 0 Å². The van der Waals surface area contributed by atoms with Crippen molar-refractivity contribution in [3.63, 3.8) is 0 Å². The Labute approximate surface area is 95.4 Å². The third kappa shape index (κ3) is 3.48. The quantitative estimate of drug-likeness (QED) is 0.856. The first-order valence-corrected chi connectivity index (χ1v) is 4.82. The van der Waals surface area contributed by atoms with Crippen LogP contribution in [0.15, 0.2) is 10.5 Å². The highest BCUT2D eigenvalue weighted by Gasteiger charge is 2.38. The van der Waals surface area contributed by atoms with Gasteiger partial charge in [-0.2, -0.15) is 13.2 Å². The number of aliphatic hydroxyl groups excluding tert-OH is 1. The summed E-state index contributed by atoms with van der Waals surface area (Å²) in [6, 6.07) is 1.42. The average molecular weight is 251 g/mol. The Kier molecular flexibility index (Phi) is 3.82. The number of furan rings is 1. The van der Waals surface area contributed by atoms with E-state index in [9.17, 15) is 18.0 Å². The van der Waals surface area contributed by atoms with Crippen molar-refractivity contribution in [3.8, 4) is 0 Å². The molecule has 0 aliphatic carbocycles. The van der Waals surface area contributed by atoms with Gasteiger partial charge in [0.25, 0.3) is 5.91 Å². The summed E-state index contributed by atoms with van der Waals surface area (Å²) in [7, 11) is 0. The van der Waals surface area contributed by atoms with Crippen LogP contribution in [0.5, 0.6) is 0 Å². The molecule has 1 heterocycles. The second kappa shape index (κ2) is 4.79. The van der Waals surface area contributed by atoms with Crippen LogP contribution in [0.25, 0.3) is 0 Å². The summed E-state index contributed by atoms with van der Waals surface area (Å²) in [6.45, 7) is 2.27. The van der Waals surface area contributed by atoms with E-state index in [1.807, 2.05) is 5.32 Å². The highest BCUT2D eigenvalue weighted by atomic mass is 19.4. The molecule has 0 aliphatic rings. The van der Waals surface area contributed by atoms with Crippen LogP contribution in [0.2, 0.25) is 0 Å². The van der Waals surface area contributed by atoms with Crippen molar-refractivity contribution in [1.29, 1.82) is 0 Å². The number of carbonyl (C=O) groups excluding carboxylic acids is 1. The molecule has 1 aromatic heterocycles. The molecule has 2 N–H and O–H groups in total. The molecule has 0 saturated heterocycles. The average Bonchev–Trinajstić information content (AvgIpc) is 2.52. The maximum absolute atomic E-state index is 12.0. The van der Waals surface area contributed by atoms with Gasteiger partial charge in [-0.05, 0) is 19.9 Å². The van der Waals surface area contributed by atoms with E-state index in [4.69, 9.17) is 9.52 Å². The van der Waals surface area contributed by atoms with Crippen LogP contribution in [-0.2, 0) is 0 Å². The fourth-order valence-corrected chi connectivity index (χ4v) is 1.26. The fourth-order valence-electron chi connectivity index (χ4n) is 1.26. The second-order valence-electron chi connectivity index (χ2n) is 3.59. The lowest BCUT2D eigenvalue weighted by molar-refractivity contribution is -0.201. The van der Waals surface area contributed by atoms with Gasteiger partial charge >= 0.3 is 6.18 Å². The maximum atomic E-state index is 12.0. The van der Waals surface area contributed by atoms with Gasteiger partial charge in [-0.15, -0.1) is 0 Å². The number of halogens is 3. The van der Waals surface area contributed by atoms with Crippen molar-refractivity contribution in [3.05, 3.63) is 23.2 Å². The number of hydrogen-bond donors (Lipinski definition) is 2. The van der Waals surface area contributed by atoms with E-state index < -0.39 is 24.7 Å². The Morgan fingerprint density at radius 3 is 2.53 bits per heavy atom. The Bertz CT molecular complexity index is 411. The predicted octanol–water partition coefficient (Wildman–Crippen LogP) is 1.55. The molecule has 17 heavy (non-hydrogen) atoms. The molecule has 0 aromatic carbocycles. The standard InChI is InChI=1S/C10H12F3NO3/c1-5-3-7(6(2)17-5)9(16)14-4-8(15)10(11,12)13/h3,8,15H,4H2,1-2H3,(H,14,16). The van der Waals surface area contributed by atoms with E-state index in [1.54, 1.807) is 6.92 Å². The first-order valence-electron chi connectivity index (χ1n) is 4.82. The summed E-state index contributed by atoms with van der Waals surface area (Å²) in [4.78, 5) is 11.5. The van der Waals surface area contributed by atoms with Crippen LogP contribution in [0, 0.1) is 13.8 Å². The Morgan fingerprint density at radius 2 is 2.12 bits per heavy atom. The molecule has 0 spiro atoms. The molecule has 96 valence electrons. The van der Waals surface area contributed by atoms with Gasteiger partial charge in [-0.1, -0.05) is 0 Å². The zero-order valence-electron chi connectivity index (χ0n) is 9.26. The van der Waals surface area contributed by atoms with Gasteiger partial charge in [0.15, 0.2) is 6.10 Å². The number of aliphatic hydroxyl groups is 1. The van der Waals surface area contributed by atoms with Crippen molar-refractivity contribution in [2.75, 3.05) is 6.54 Å². The summed E-state index contributed by atoms with van der Waals surface area (Å²) < 4.78 is 41.0. The molecular weight excluding hydrogens is 239 g/mol. The fraction of sp³-hybridized carbons (Fsp3) is 0.500. The zero-order valence-corrected chi connectivity index (χ0v) is 9.26. The molecule has 1 unspecified atom stereocenters. The van der Waals surface area contributed by atoms with Crippen molar-refractivity contribution in [2.24, 2.45) is 0 Å². The van der Waals surface area contributed by atoms with Gasteiger partial charge in [0, 0.05) is 0 Å². The van der Waals surface area contributed by atoms with Gasteiger partial charge in [-0.25, -0.2) is 0 Å². The third-order valence-electron chi connectivity index (χ3n) is 2.12. The van der Waals surface area contributed by atoms with Gasteiger partial charge in [0.1, 0.15) is 11.5 Å². The molecule has 4 nitrogen and oxygen atoms in total. The smallest absolute Gasteiger partial charge is 0.416 e. The minimum Gasteiger partial charge on any atom is -0.466 e. The molecule has 1 atom stereocenters. The lowest BCUT2D eigenvalue weighted by atomic mass is 10.2. The summed E-state index contributed by atoms with van der Waals surface area (Å²) >= 11 is 0. The molecule has 1 rings (SSSR count). The monoisotopic (exact) mass is 251 g/mol. The molecule has 0 saturated carbocycles. The lowest BCUT2D eigenvalue weighted by Crippen LogP contribution is -2.40. The van der Waals surface area contributed by atoms with Gasteiger partial charge in [0.05, 0.1) is 12.1 Å². The minimum absolute atomic E-state index is 0.164. The molecule has 0 radical (unpaired) electrons. The van der Waals surface area contributed by atoms with Crippen molar-refractivity contribution < 1.29 is 27.5 Å². The Morgan fingerprint density at radius 1 is 1.53 bits per heavy atom. The molecule has 0 bridgehead atoms. The topological polar surface area (TPSA) is 62.5 Å². The van der Waals surface area contributed by atoms with Crippen molar-refractivity contribution in [1.82, 2.24) is 5.32 Å². The lowest BCUT2D eigenvalue weighted by Gasteiger charge is -2.14. The van der Waals surface area contributed by atoms with Gasteiger partial charge in [-0.3, -0.25) is 4.79 Å². The number of aryl methyl sites for hydroxylation is 2. The third-order valence-corrected chi connectivity index (χ3v) is 2.12. The SMILES string of the molecule is Cc1cc(C(=O)NCC(O)C(F)(F)F)c(C)o1. The largest absolute Gasteiger partial charge is 0.466 e. The van der Waals surface area contributed by atoms with Crippen LogP contribution < -0.4 is 5.32 Å². The molecule has 1 aromatic rings. The molecule has 1 amide bonds. The highest BCUT2D eigenvalue weighted by molar-refractivity contribution is 5.95. The van der Waals surface area contributed by atoms with Crippen molar-refractivity contribution in [2.45, 2.75) is 26.1 Å². The van der Waals surface area contributed by atoms with Crippen LogP contribution >= 0.6 is 0 Å². The Hall–Kier alpha value is -1.50. The minimum atomic E-state index is -4.74. The maximum Gasteiger partial charge on any atom is 0.416 e. The number of amides is 1. The van der Waals surface area contributed by atoms with E-state index in [-0.39, 0.29) is 5.56 Å². The van der Waals surface area contributed by atoms with E-state index in [0.717, 1.165) is 0 Å². The number of hydrogen-bond acceptors (Lipinski definition) is 3. The van der Waals surface area contributed by atoms with Crippen LogP contribution in [0.4, 0.5) is 13.2 Å². The highest BCUT2D eigenvalue weighted by Crippen LogP contribution is 2.19. The predicted molar refractivity (Wildman–Crippen MR) is 52.6 cm³/mol. The summed E-state index contributed by atoms with van der Waals surface area (Å²) in [6.07, 6.45) is -7.31. The Balaban J connectivity index is 2.60. The first-order chi connectivity index (χ1) is 7.71. The molecule has 7 heteroatoms. The normalized spacial score (nSPS) is 13.5. The summed E-state index contributed by atoms with van der Waals surface area (Å²) in [5, 5.41) is 10.7. The molecule has 0 aliphatic heterocycles. The summed E-state index contributed by atoms with van der Waals surface area (Å²) in [5.74, 6) is 0.105. The van der Waals surface area contributed by atoms with Crippen LogP contribution in [0.3, 0.4) is 0 Å². The van der Waals surface area contributed by atoms with Crippen molar-refractivity contribution >= 4 is 5.91 Å². The zero-order chi connectivity index (χ0) is 13.2. The molecule has 0 fully saturated rings. The van der Waals surface area contributed by atoms with Crippen LogP contribution in [-0.4, -0.2) is 29.8 Å². The van der Waals surface area contributed by atoms with E-state index in [0.29, 0.717) is 11.5 Å². The first kappa shape index (κ1) is 13.6. The molecular formula is C10H12F3NO3. The number of carbonyl (C=O) groups is 1. The van der Waals surface area contributed by atoms with E-state index in [1.165, 1.54) is 13.0 Å². The second-order valence-corrected chi connectivity index (χ2v) is 3.59. The van der Waals surface area contributed by atoms with Crippen LogP contribution in [0.1, 0.15) is 21.9 Å². The number of alkyl halides is 3. The van der Waals surface area contributed by atoms with E-state index in [2.05, 4.69) is 0 Å². The number of rotatable bonds is 3. The summed E-state index contributed by atoms with van der Waals surface area (Å²) in [5.41, 5.74) is 0.164.